The normalized spacial score (nSPS) is 20.8. The molecule has 0 radical (unpaired) electrons. The Hall–Kier alpha value is -1.55. The molecule has 0 aliphatic carbocycles. The third-order valence-electron chi connectivity index (χ3n) is 3.38. The first kappa shape index (κ1) is 12.9. The summed E-state index contributed by atoms with van der Waals surface area (Å²) >= 11 is 0. The van der Waals surface area contributed by atoms with Crippen LogP contribution in [0.4, 0.5) is 4.79 Å². The molecule has 1 aliphatic heterocycles. The van der Waals surface area contributed by atoms with Crippen molar-refractivity contribution in [1.29, 1.82) is 0 Å². The lowest BCUT2D eigenvalue weighted by atomic mass is 10.2. The van der Waals surface area contributed by atoms with E-state index in [0.29, 0.717) is 6.54 Å². The van der Waals surface area contributed by atoms with E-state index in [1.807, 2.05) is 35.2 Å². The number of urea groups is 1. The maximum Gasteiger partial charge on any atom is 0.317 e. The van der Waals surface area contributed by atoms with Crippen LogP contribution in [-0.4, -0.2) is 48.6 Å². The molecule has 1 heterocycles. The second kappa shape index (κ2) is 5.87. The van der Waals surface area contributed by atoms with Crippen LogP contribution in [-0.2, 0) is 6.54 Å². The van der Waals surface area contributed by atoms with Crippen molar-refractivity contribution in [3.05, 3.63) is 35.9 Å². The average Bonchev–Trinajstić information content (AvgIpc) is 2.37. The predicted octanol–water partition coefficient (Wildman–Crippen LogP) is 1.53. The van der Waals surface area contributed by atoms with Gasteiger partial charge in [0.1, 0.15) is 0 Å². The van der Waals surface area contributed by atoms with Crippen molar-refractivity contribution >= 4 is 6.03 Å². The van der Waals surface area contributed by atoms with Gasteiger partial charge < -0.3 is 15.1 Å². The first-order chi connectivity index (χ1) is 8.66. The molecule has 1 unspecified atom stereocenters. The van der Waals surface area contributed by atoms with Gasteiger partial charge in [-0.3, -0.25) is 0 Å². The van der Waals surface area contributed by atoms with Gasteiger partial charge in [-0.1, -0.05) is 30.3 Å². The van der Waals surface area contributed by atoms with E-state index in [9.17, 15) is 4.79 Å². The van der Waals surface area contributed by atoms with E-state index in [2.05, 4.69) is 24.2 Å². The molecule has 1 fully saturated rings. The molecule has 1 atom stereocenters. The van der Waals surface area contributed by atoms with E-state index in [1.165, 1.54) is 0 Å². The zero-order valence-electron chi connectivity index (χ0n) is 11.1. The lowest BCUT2D eigenvalue weighted by Crippen LogP contribution is -2.55. The first-order valence-electron chi connectivity index (χ1n) is 6.44. The fraction of sp³-hybridized carbons (Fsp3) is 0.500. The summed E-state index contributed by atoms with van der Waals surface area (Å²) in [7, 11) is 2.09. The van der Waals surface area contributed by atoms with Crippen molar-refractivity contribution in [3.8, 4) is 0 Å². The summed E-state index contributed by atoms with van der Waals surface area (Å²) in [6.45, 7) is 5.39. The summed E-state index contributed by atoms with van der Waals surface area (Å²) in [5.74, 6) is 0. The van der Waals surface area contributed by atoms with Gasteiger partial charge in [0.25, 0.3) is 0 Å². The lowest BCUT2D eigenvalue weighted by Gasteiger charge is -2.38. The highest BCUT2D eigenvalue weighted by atomic mass is 16.2. The van der Waals surface area contributed by atoms with Gasteiger partial charge in [0.15, 0.2) is 0 Å². The average molecular weight is 247 g/mol. The standard InChI is InChI=1S/C14H21N3O/c1-12-11-16(2)8-9-17(12)14(18)15-10-13-6-4-3-5-7-13/h3-7,12H,8-11H2,1-2H3,(H,15,18). The number of carbonyl (C=O) groups excluding carboxylic acids is 1. The Morgan fingerprint density at radius 2 is 2.06 bits per heavy atom. The Balaban J connectivity index is 1.85. The summed E-state index contributed by atoms with van der Waals surface area (Å²) in [6.07, 6.45) is 0. The maximum atomic E-state index is 12.1. The summed E-state index contributed by atoms with van der Waals surface area (Å²) in [4.78, 5) is 16.3. The molecule has 1 aromatic carbocycles. The van der Waals surface area contributed by atoms with Crippen molar-refractivity contribution < 1.29 is 4.79 Å². The van der Waals surface area contributed by atoms with Crippen LogP contribution in [0.5, 0.6) is 0 Å². The van der Waals surface area contributed by atoms with E-state index in [4.69, 9.17) is 0 Å². The summed E-state index contributed by atoms with van der Waals surface area (Å²) < 4.78 is 0. The molecule has 2 amide bonds. The fourth-order valence-electron chi connectivity index (χ4n) is 2.32. The minimum Gasteiger partial charge on any atom is -0.334 e. The number of hydrogen-bond donors (Lipinski definition) is 1. The van der Waals surface area contributed by atoms with Crippen LogP contribution < -0.4 is 5.32 Å². The molecule has 1 saturated heterocycles. The zero-order chi connectivity index (χ0) is 13.0. The van der Waals surface area contributed by atoms with Crippen LogP contribution in [0.3, 0.4) is 0 Å². The van der Waals surface area contributed by atoms with Gasteiger partial charge in [-0.05, 0) is 19.5 Å². The van der Waals surface area contributed by atoms with Gasteiger partial charge >= 0.3 is 6.03 Å². The minimum atomic E-state index is 0.0412. The van der Waals surface area contributed by atoms with Crippen LogP contribution in [0.25, 0.3) is 0 Å². The van der Waals surface area contributed by atoms with E-state index in [-0.39, 0.29) is 12.1 Å². The predicted molar refractivity (Wildman–Crippen MR) is 72.3 cm³/mol. The van der Waals surface area contributed by atoms with Gasteiger partial charge in [0, 0.05) is 32.2 Å². The number of benzene rings is 1. The molecule has 1 aliphatic rings. The molecule has 18 heavy (non-hydrogen) atoms. The number of rotatable bonds is 2. The SMILES string of the molecule is CC1CN(C)CCN1C(=O)NCc1ccccc1. The third-order valence-corrected chi connectivity index (χ3v) is 3.38. The van der Waals surface area contributed by atoms with E-state index in [1.54, 1.807) is 0 Å². The molecule has 0 aromatic heterocycles. The molecular weight excluding hydrogens is 226 g/mol. The van der Waals surface area contributed by atoms with Crippen LogP contribution >= 0.6 is 0 Å². The number of hydrogen-bond acceptors (Lipinski definition) is 2. The number of carbonyl (C=O) groups is 1. The highest BCUT2D eigenvalue weighted by Crippen LogP contribution is 2.08. The highest BCUT2D eigenvalue weighted by Gasteiger charge is 2.25. The van der Waals surface area contributed by atoms with Gasteiger partial charge in [-0.25, -0.2) is 4.79 Å². The second-order valence-corrected chi connectivity index (χ2v) is 4.95. The van der Waals surface area contributed by atoms with Crippen molar-refractivity contribution in [2.45, 2.75) is 19.5 Å². The van der Waals surface area contributed by atoms with Crippen molar-refractivity contribution in [1.82, 2.24) is 15.1 Å². The minimum absolute atomic E-state index is 0.0412. The molecule has 1 aromatic rings. The number of likely N-dealkylation sites (N-methyl/N-ethyl adjacent to an activating group) is 1. The molecule has 0 spiro atoms. The van der Waals surface area contributed by atoms with Crippen molar-refractivity contribution in [3.63, 3.8) is 0 Å². The highest BCUT2D eigenvalue weighted by molar-refractivity contribution is 5.74. The first-order valence-corrected chi connectivity index (χ1v) is 6.44. The topological polar surface area (TPSA) is 35.6 Å². The third kappa shape index (κ3) is 3.23. The Labute approximate surface area is 109 Å². The summed E-state index contributed by atoms with van der Waals surface area (Å²) in [5, 5.41) is 2.98. The van der Waals surface area contributed by atoms with Gasteiger partial charge in [-0.15, -0.1) is 0 Å². The van der Waals surface area contributed by atoms with Crippen LogP contribution in [0.1, 0.15) is 12.5 Å². The smallest absolute Gasteiger partial charge is 0.317 e. The van der Waals surface area contributed by atoms with Crippen molar-refractivity contribution in [2.24, 2.45) is 0 Å². The van der Waals surface area contributed by atoms with E-state index < -0.39 is 0 Å². The fourth-order valence-corrected chi connectivity index (χ4v) is 2.32. The molecule has 0 bridgehead atoms. The Bertz CT molecular complexity index is 393. The molecular formula is C14H21N3O. The van der Waals surface area contributed by atoms with Gasteiger partial charge in [0.05, 0.1) is 0 Å². The molecule has 98 valence electrons. The number of nitrogens with one attached hydrogen (secondary N) is 1. The lowest BCUT2D eigenvalue weighted by molar-refractivity contribution is 0.116. The number of nitrogens with zero attached hydrogens (tertiary/aromatic N) is 2. The monoisotopic (exact) mass is 247 g/mol. The maximum absolute atomic E-state index is 12.1. The van der Waals surface area contributed by atoms with Gasteiger partial charge in [-0.2, -0.15) is 0 Å². The van der Waals surface area contributed by atoms with Crippen LogP contribution in [0.15, 0.2) is 30.3 Å². The van der Waals surface area contributed by atoms with Gasteiger partial charge in [0.2, 0.25) is 0 Å². The number of piperazine rings is 1. The molecule has 1 N–H and O–H groups in total. The Kier molecular flexibility index (Phi) is 4.20. The van der Waals surface area contributed by atoms with Crippen LogP contribution in [0, 0.1) is 0 Å². The second-order valence-electron chi connectivity index (χ2n) is 4.95. The Morgan fingerprint density at radius 3 is 2.72 bits per heavy atom. The quantitative estimate of drug-likeness (QED) is 0.860. The molecule has 4 heteroatoms. The summed E-state index contributed by atoms with van der Waals surface area (Å²) in [5.41, 5.74) is 1.13. The van der Waals surface area contributed by atoms with Crippen molar-refractivity contribution in [2.75, 3.05) is 26.7 Å². The molecule has 4 nitrogen and oxygen atoms in total. The largest absolute Gasteiger partial charge is 0.334 e. The Morgan fingerprint density at radius 1 is 1.33 bits per heavy atom. The summed E-state index contributed by atoms with van der Waals surface area (Å²) in [6, 6.07) is 10.3. The van der Waals surface area contributed by atoms with E-state index in [0.717, 1.165) is 25.2 Å². The zero-order valence-corrected chi connectivity index (χ0v) is 11.1. The number of amides is 2. The van der Waals surface area contributed by atoms with E-state index >= 15 is 0 Å². The van der Waals surface area contributed by atoms with Crippen LogP contribution in [0.2, 0.25) is 0 Å². The molecule has 2 rings (SSSR count). The molecule has 0 saturated carbocycles.